The van der Waals surface area contributed by atoms with Crippen LogP contribution in [0.5, 0.6) is 0 Å². The van der Waals surface area contributed by atoms with Crippen molar-refractivity contribution in [2.45, 2.75) is 12.8 Å². The third kappa shape index (κ3) is 2.02. The van der Waals surface area contributed by atoms with Crippen LogP contribution in [-0.2, 0) is 6.42 Å². The number of carbonyl (C=O) groups excluding carboxylic acids is 1. The maximum Gasteiger partial charge on any atom is 0.165 e. The lowest BCUT2D eigenvalue weighted by Crippen LogP contribution is -2.03. The number of fused-ring (bicyclic) bond motifs is 1. The summed E-state index contributed by atoms with van der Waals surface area (Å²) in [6.45, 7) is 0. The minimum absolute atomic E-state index is 0.168. The van der Waals surface area contributed by atoms with Crippen LogP contribution >= 0.6 is 0 Å². The third-order valence-corrected chi connectivity index (χ3v) is 4.05. The van der Waals surface area contributed by atoms with Gasteiger partial charge in [-0.05, 0) is 12.0 Å². The van der Waals surface area contributed by atoms with Crippen molar-refractivity contribution in [3.05, 3.63) is 71.8 Å². The monoisotopic (exact) mass is 286 g/mol. The van der Waals surface area contributed by atoms with Crippen LogP contribution in [0, 0.1) is 0 Å². The largest absolute Gasteiger partial charge is 0.294 e. The van der Waals surface area contributed by atoms with E-state index in [-0.39, 0.29) is 5.78 Å². The number of aromatic nitrogens is 2. The number of hydrogen-bond acceptors (Lipinski definition) is 3. The van der Waals surface area contributed by atoms with E-state index in [9.17, 15) is 4.79 Å². The highest BCUT2D eigenvalue weighted by atomic mass is 16.1. The Morgan fingerprint density at radius 3 is 1.86 bits per heavy atom. The van der Waals surface area contributed by atoms with Gasteiger partial charge in [0, 0.05) is 17.5 Å². The molecule has 22 heavy (non-hydrogen) atoms. The SMILES string of the molecule is O=C1CCc2c(-c3ccccc3)nnc(-c3ccccc3)c21. The number of nitrogens with zero attached hydrogens (tertiary/aromatic N) is 2. The van der Waals surface area contributed by atoms with Gasteiger partial charge in [0.25, 0.3) is 0 Å². The second-order valence-electron chi connectivity index (χ2n) is 5.41. The molecule has 4 rings (SSSR count). The summed E-state index contributed by atoms with van der Waals surface area (Å²) in [6, 6.07) is 19.7. The zero-order valence-electron chi connectivity index (χ0n) is 12.0. The van der Waals surface area contributed by atoms with Crippen molar-refractivity contribution in [2.24, 2.45) is 0 Å². The summed E-state index contributed by atoms with van der Waals surface area (Å²) in [5.41, 5.74) is 5.28. The minimum atomic E-state index is 0.168. The quantitative estimate of drug-likeness (QED) is 0.716. The molecule has 3 aromatic rings. The second kappa shape index (κ2) is 5.19. The maximum atomic E-state index is 12.4. The molecule has 0 spiro atoms. The molecule has 0 fully saturated rings. The van der Waals surface area contributed by atoms with Crippen LogP contribution in [0.15, 0.2) is 60.7 Å². The van der Waals surface area contributed by atoms with Crippen LogP contribution in [0.1, 0.15) is 22.3 Å². The number of carbonyl (C=O) groups is 1. The van der Waals surface area contributed by atoms with E-state index in [2.05, 4.69) is 10.2 Å². The third-order valence-electron chi connectivity index (χ3n) is 4.05. The fourth-order valence-electron chi connectivity index (χ4n) is 3.01. The number of hydrogen-bond donors (Lipinski definition) is 0. The molecule has 1 aliphatic carbocycles. The average molecular weight is 286 g/mol. The minimum Gasteiger partial charge on any atom is -0.294 e. The fraction of sp³-hybridized carbons (Fsp3) is 0.105. The normalized spacial score (nSPS) is 13.2. The first-order valence-corrected chi connectivity index (χ1v) is 7.38. The number of Topliss-reactive ketones (excluding diaryl/α,β-unsaturated/α-hetero) is 1. The van der Waals surface area contributed by atoms with Crippen LogP contribution in [-0.4, -0.2) is 16.0 Å². The lowest BCUT2D eigenvalue weighted by atomic mass is 9.99. The number of rotatable bonds is 2. The zero-order chi connectivity index (χ0) is 14.9. The Balaban J connectivity index is 1.95. The van der Waals surface area contributed by atoms with Crippen molar-refractivity contribution in [2.75, 3.05) is 0 Å². The highest BCUT2D eigenvalue weighted by molar-refractivity contribution is 6.06. The van der Waals surface area contributed by atoms with Gasteiger partial charge in [-0.3, -0.25) is 4.79 Å². The highest BCUT2D eigenvalue weighted by Crippen LogP contribution is 2.35. The smallest absolute Gasteiger partial charge is 0.165 e. The molecule has 106 valence electrons. The number of benzene rings is 2. The Hall–Kier alpha value is -2.81. The van der Waals surface area contributed by atoms with Crippen LogP contribution in [0.4, 0.5) is 0 Å². The van der Waals surface area contributed by atoms with Gasteiger partial charge in [-0.25, -0.2) is 0 Å². The molecule has 1 heterocycles. The Morgan fingerprint density at radius 2 is 1.23 bits per heavy atom. The van der Waals surface area contributed by atoms with Gasteiger partial charge >= 0.3 is 0 Å². The van der Waals surface area contributed by atoms with Gasteiger partial charge < -0.3 is 0 Å². The molecule has 0 bridgehead atoms. The van der Waals surface area contributed by atoms with E-state index < -0.39 is 0 Å². The summed E-state index contributed by atoms with van der Waals surface area (Å²) >= 11 is 0. The summed E-state index contributed by atoms with van der Waals surface area (Å²) < 4.78 is 0. The van der Waals surface area contributed by atoms with Crippen LogP contribution in [0.25, 0.3) is 22.5 Å². The van der Waals surface area contributed by atoms with Gasteiger partial charge in [0.2, 0.25) is 0 Å². The first-order chi connectivity index (χ1) is 10.8. The van der Waals surface area contributed by atoms with Crippen LogP contribution in [0.2, 0.25) is 0 Å². The van der Waals surface area contributed by atoms with Crippen molar-refractivity contribution >= 4 is 5.78 Å². The summed E-state index contributed by atoms with van der Waals surface area (Å²) in [5, 5.41) is 8.81. The van der Waals surface area contributed by atoms with E-state index in [1.165, 1.54) is 0 Å². The molecule has 1 aliphatic rings. The summed E-state index contributed by atoms with van der Waals surface area (Å²) in [5.74, 6) is 0.168. The average Bonchev–Trinajstić information content (AvgIpc) is 2.98. The molecule has 0 saturated heterocycles. The molecule has 3 heteroatoms. The number of ketones is 1. The topological polar surface area (TPSA) is 42.9 Å². The molecule has 0 N–H and O–H groups in total. The molecule has 1 aromatic heterocycles. The molecular weight excluding hydrogens is 272 g/mol. The molecule has 0 aliphatic heterocycles. The van der Waals surface area contributed by atoms with Crippen molar-refractivity contribution in [3.8, 4) is 22.5 Å². The molecular formula is C19H14N2O. The Kier molecular flexibility index (Phi) is 3.04. The first kappa shape index (κ1) is 12.9. The molecule has 0 amide bonds. The highest BCUT2D eigenvalue weighted by Gasteiger charge is 2.28. The fourth-order valence-corrected chi connectivity index (χ4v) is 3.01. The van der Waals surface area contributed by atoms with Gasteiger partial charge in [0.1, 0.15) is 5.69 Å². The molecule has 2 aromatic carbocycles. The van der Waals surface area contributed by atoms with Gasteiger partial charge in [-0.1, -0.05) is 60.7 Å². The maximum absolute atomic E-state index is 12.4. The Labute approximate surface area is 128 Å². The molecule has 3 nitrogen and oxygen atoms in total. The van der Waals surface area contributed by atoms with Gasteiger partial charge in [0.05, 0.1) is 11.3 Å². The van der Waals surface area contributed by atoms with Crippen molar-refractivity contribution < 1.29 is 4.79 Å². The summed E-state index contributed by atoms with van der Waals surface area (Å²) in [4.78, 5) is 12.4. The standard InChI is InChI=1S/C19H14N2O/c22-16-12-11-15-17(16)19(14-9-5-2-6-10-14)21-20-18(15)13-7-3-1-4-8-13/h1-10H,11-12H2. The Morgan fingerprint density at radius 1 is 0.682 bits per heavy atom. The molecule has 0 radical (unpaired) electrons. The van der Waals surface area contributed by atoms with E-state index in [0.717, 1.165) is 34.4 Å². The lowest BCUT2D eigenvalue weighted by Gasteiger charge is -2.10. The van der Waals surface area contributed by atoms with Gasteiger partial charge in [-0.15, -0.1) is 10.2 Å². The first-order valence-electron chi connectivity index (χ1n) is 7.38. The second-order valence-corrected chi connectivity index (χ2v) is 5.41. The van der Waals surface area contributed by atoms with Crippen molar-refractivity contribution in [1.82, 2.24) is 10.2 Å². The van der Waals surface area contributed by atoms with Crippen molar-refractivity contribution in [1.29, 1.82) is 0 Å². The molecule has 0 atom stereocenters. The zero-order valence-corrected chi connectivity index (χ0v) is 12.0. The molecule has 0 saturated carbocycles. The van der Waals surface area contributed by atoms with Crippen LogP contribution in [0.3, 0.4) is 0 Å². The predicted molar refractivity (Wildman–Crippen MR) is 85.6 cm³/mol. The summed E-state index contributed by atoms with van der Waals surface area (Å²) in [7, 11) is 0. The summed E-state index contributed by atoms with van der Waals surface area (Å²) in [6.07, 6.45) is 1.29. The van der Waals surface area contributed by atoms with Gasteiger partial charge in [-0.2, -0.15) is 0 Å². The predicted octanol–water partition coefficient (Wildman–Crippen LogP) is 3.94. The van der Waals surface area contributed by atoms with Crippen molar-refractivity contribution in [3.63, 3.8) is 0 Å². The van der Waals surface area contributed by atoms with E-state index in [4.69, 9.17) is 0 Å². The van der Waals surface area contributed by atoms with E-state index >= 15 is 0 Å². The van der Waals surface area contributed by atoms with E-state index in [1.54, 1.807) is 0 Å². The lowest BCUT2D eigenvalue weighted by molar-refractivity contribution is 0.0995. The van der Waals surface area contributed by atoms with Crippen LogP contribution < -0.4 is 0 Å². The molecule has 0 unspecified atom stereocenters. The van der Waals surface area contributed by atoms with E-state index in [1.807, 2.05) is 60.7 Å². The van der Waals surface area contributed by atoms with Gasteiger partial charge in [0.15, 0.2) is 5.78 Å². The Bertz CT molecular complexity index is 842. The van der Waals surface area contributed by atoms with E-state index in [0.29, 0.717) is 12.1 Å².